The number of benzene rings is 1. The number of rotatable bonds is 4. The summed E-state index contributed by atoms with van der Waals surface area (Å²) in [6, 6.07) is 4.36. The van der Waals surface area contributed by atoms with Crippen LogP contribution in [0.15, 0.2) is 18.3 Å². The third kappa shape index (κ3) is 2.71. The first-order valence-electron chi connectivity index (χ1n) is 7.95. The molecule has 2 heterocycles. The third-order valence-electron chi connectivity index (χ3n) is 4.06. The first-order valence-corrected chi connectivity index (χ1v) is 7.95. The highest BCUT2D eigenvalue weighted by molar-refractivity contribution is 5.73. The van der Waals surface area contributed by atoms with Crippen LogP contribution in [-0.2, 0) is 12.8 Å². The van der Waals surface area contributed by atoms with Gasteiger partial charge in [0.2, 0.25) is 0 Å². The van der Waals surface area contributed by atoms with Crippen LogP contribution in [-0.4, -0.2) is 22.6 Å². The van der Waals surface area contributed by atoms with E-state index in [0.29, 0.717) is 6.54 Å². The fourth-order valence-electron chi connectivity index (χ4n) is 3.08. The number of hydrogen-bond acceptors (Lipinski definition) is 4. The van der Waals surface area contributed by atoms with Gasteiger partial charge in [-0.25, -0.2) is 9.97 Å². The molecule has 1 aromatic heterocycles. The average molecular weight is 297 g/mol. The second-order valence-corrected chi connectivity index (χ2v) is 6.02. The van der Waals surface area contributed by atoms with Gasteiger partial charge < -0.3 is 10.5 Å². The van der Waals surface area contributed by atoms with Crippen molar-refractivity contribution in [2.24, 2.45) is 5.73 Å². The predicted octanol–water partition coefficient (Wildman–Crippen LogP) is 2.98. The Hall–Kier alpha value is -1.94. The fraction of sp³-hybridized carbons (Fsp3) is 0.444. The maximum atomic E-state index is 6.08. The molecule has 0 fully saturated rings. The molecule has 1 aromatic carbocycles. The van der Waals surface area contributed by atoms with Crippen molar-refractivity contribution in [2.75, 3.05) is 6.54 Å². The van der Waals surface area contributed by atoms with Crippen molar-refractivity contribution in [3.8, 4) is 17.0 Å². The van der Waals surface area contributed by atoms with Gasteiger partial charge in [0.1, 0.15) is 17.7 Å². The number of fused-ring (bicyclic) bond motifs is 1. The van der Waals surface area contributed by atoms with Gasteiger partial charge in [-0.2, -0.15) is 0 Å². The topological polar surface area (TPSA) is 61.0 Å². The van der Waals surface area contributed by atoms with Gasteiger partial charge >= 0.3 is 0 Å². The van der Waals surface area contributed by atoms with Crippen LogP contribution in [0.5, 0.6) is 5.75 Å². The molecular formula is C18H23N3O. The molecule has 0 unspecified atom stereocenters. The first-order chi connectivity index (χ1) is 10.6. The van der Waals surface area contributed by atoms with E-state index < -0.39 is 0 Å². The van der Waals surface area contributed by atoms with Gasteiger partial charge in [0.25, 0.3) is 0 Å². The molecule has 0 spiro atoms. The number of hydrogen-bond donors (Lipinski definition) is 1. The monoisotopic (exact) mass is 297 g/mol. The summed E-state index contributed by atoms with van der Waals surface area (Å²) in [5.41, 5.74) is 11.5. The minimum Gasteiger partial charge on any atom is -0.488 e. The summed E-state index contributed by atoms with van der Waals surface area (Å²) < 4.78 is 6.08. The van der Waals surface area contributed by atoms with Crippen molar-refractivity contribution in [1.82, 2.24) is 9.97 Å². The highest BCUT2D eigenvalue weighted by atomic mass is 16.5. The zero-order chi connectivity index (χ0) is 15.7. The standard InChI is InChI=1S/C18H23N3O/c1-4-5-13-10-20-12(3)21-17(13)16-7-11(2)6-14-8-15(9-19)22-18(14)16/h6-7,10,15H,4-5,8-9,19H2,1-3H3/t15-/m1/s1. The van der Waals surface area contributed by atoms with Crippen molar-refractivity contribution < 1.29 is 4.74 Å². The molecule has 2 N–H and O–H groups in total. The number of nitrogens with zero attached hydrogens (tertiary/aromatic N) is 2. The van der Waals surface area contributed by atoms with E-state index in [1.54, 1.807) is 0 Å². The molecule has 0 saturated heterocycles. The normalized spacial score (nSPS) is 16.5. The first kappa shape index (κ1) is 15.0. The molecule has 0 amide bonds. The molecule has 0 radical (unpaired) electrons. The van der Waals surface area contributed by atoms with E-state index in [0.717, 1.165) is 42.1 Å². The second-order valence-electron chi connectivity index (χ2n) is 6.02. The van der Waals surface area contributed by atoms with Crippen LogP contribution >= 0.6 is 0 Å². The minimum atomic E-state index is 0.0770. The van der Waals surface area contributed by atoms with Crippen molar-refractivity contribution in [3.05, 3.63) is 40.8 Å². The molecule has 1 aliphatic rings. The Balaban J connectivity index is 2.16. The van der Waals surface area contributed by atoms with Crippen LogP contribution < -0.4 is 10.5 Å². The third-order valence-corrected chi connectivity index (χ3v) is 4.06. The Bertz CT molecular complexity index is 697. The quantitative estimate of drug-likeness (QED) is 0.942. The van der Waals surface area contributed by atoms with Crippen LogP contribution in [0.2, 0.25) is 0 Å². The number of aryl methyl sites for hydroxylation is 3. The lowest BCUT2D eigenvalue weighted by molar-refractivity contribution is 0.242. The van der Waals surface area contributed by atoms with Crippen LogP contribution in [0.3, 0.4) is 0 Å². The summed E-state index contributed by atoms with van der Waals surface area (Å²) in [6.07, 6.45) is 4.95. The lowest BCUT2D eigenvalue weighted by Crippen LogP contribution is -2.24. The van der Waals surface area contributed by atoms with Crippen LogP contribution in [0, 0.1) is 13.8 Å². The lowest BCUT2D eigenvalue weighted by Gasteiger charge is -2.14. The van der Waals surface area contributed by atoms with Gasteiger partial charge in [-0.15, -0.1) is 0 Å². The zero-order valence-electron chi connectivity index (χ0n) is 13.5. The summed E-state index contributed by atoms with van der Waals surface area (Å²) in [5.74, 6) is 1.75. The van der Waals surface area contributed by atoms with E-state index in [2.05, 4.69) is 31.0 Å². The molecule has 3 rings (SSSR count). The van der Waals surface area contributed by atoms with E-state index in [-0.39, 0.29) is 6.10 Å². The predicted molar refractivity (Wildman–Crippen MR) is 88.1 cm³/mol. The van der Waals surface area contributed by atoms with E-state index in [1.807, 2.05) is 13.1 Å². The van der Waals surface area contributed by atoms with Crippen LogP contribution in [0.4, 0.5) is 0 Å². The zero-order valence-corrected chi connectivity index (χ0v) is 13.5. The Morgan fingerprint density at radius 2 is 2.14 bits per heavy atom. The SMILES string of the molecule is CCCc1cnc(C)nc1-c1cc(C)cc2c1O[C@@H](CN)C2. The van der Waals surface area contributed by atoms with E-state index in [9.17, 15) is 0 Å². The Morgan fingerprint density at radius 1 is 1.32 bits per heavy atom. The highest BCUT2D eigenvalue weighted by Crippen LogP contribution is 2.40. The fourth-order valence-corrected chi connectivity index (χ4v) is 3.08. The minimum absolute atomic E-state index is 0.0770. The summed E-state index contributed by atoms with van der Waals surface area (Å²) in [6.45, 7) is 6.76. The number of aromatic nitrogens is 2. The molecule has 2 aromatic rings. The van der Waals surface area contributed by atoms with Gasteiger partial charge in [0.15, 0.2) is 0 Å². The number of nitrogens with two attached hydrogens (primary N) is 1. The Morgan fingerprint density at radius 3 is 2.86 bits per heavy atom. The summed E-state index contributed by atoms with van der Waals surface area (Å²) in [5, 5.41) is 0. The van der Waals surface area contributed by atoms with Gasteiger partial charge in [-0.1, -0.05) is 19.4 Å². The molecule has 4 nitrogen and oxygen atoms in total. The second kappa shape index (κ2) is 6.05. The van der Waals surface area contributed by atoms with Crippen LogP contribution in [0.1, 0.15) is 35.9 Å². The number of ether oxygens (including phenoxy) is 1. The maximum absolute atomic E-state index is 6.08. The van der Waals surface area contributed by atoms with E-state index in [4.69, 9.17) is 15.5 Å². The summed E-state index contributed by atoms with van der Waals surface area (Å²) >= 11 is 0. The largest absolute Gasteiger partial charge is 0.488 e. The summed E-state index contributed by atoms with van der Waals surface area (Å²) in [4.78, 5) is 9.07. The Kier molecular flexibility index (Phi) is 4.12. The molecule has 4 heteroatoms. The smallest absolute Gasteiger partial charge is 0.132 e. The lowest BCUT2D eigenvalue weighted by atomic mass is 9.97. The van der Waals surface area contributed by atoms with Crippen LogP contribution in [0.25, 0.3) is 11.3 Å². The van der Waals surface area contributed by atoms with Gasteiger partial charge in [-0.3, -0.25) is 0 Å². The Labute approximate surface area is 131 Å². The molecule has 1 aliphatic heterocycles. The molecule has 22 heavy (non-hydrogen) atoms. The van der Waals surface area contributed by atoms with E-state index in [1.165, 1.54) is 16.7 Å². The van der Waals surface area contributed by atoms with Crippen molar-refractivity contribution >= 4 is 0 Å². The molecule has 0 aliphatic carbocycles. The van der Waals surface area contributed by atoms with Crippen molar-refractivity contribution in [1.29, 1.82) is 0 Å². The van der Waals surface area contributed by atoms with Crippen molar-refractivity contribution in [3.63, 3.8) is 0 Å². The van der Waals surface area contributed by atoms with Crippen molar-refractivity contribution in [2.45, 2.75) is 46.1 Å². The molecule has 0 bridgehead atoms. The average Bonchev–Trinajstić information content (AvgIpc) is 2.91. The maximum Gasteiger partial charge on any atom is 0.132 e. The molecule has 1 atom stereocenters. The molecule has 116 valence electrons. The highest BCUT2D eigenvalue weighted by Gasteiger charge is 2.26. The molecular weight excluding hydrogens is 274 g/mol. The van der Waals surface area contributed by atoms with E-state index >= 15 is 0 Å². The van der Waals surface area contributed by atoms with Gasteiger partial charge in [-0.05, 0) is 43.0 Å². The van der Waals surface area contributed by atoms with Gasteiger partial charge in [0, 0.05) is 24.7 Å². The molecule has 0 saturated carbocycles. The summed E-state index contributed by atoms with van der Waals surface area (Å²) in [7, 11) is 0. The van der Waals surface area contributed by atoms with Gasteiger partial charge in [0.05, 0.1) is 5.69 Å².